The molecule has 0 saturated heterocycles. The van der Waals surface area contributed by atoms with Crippen LogP contribution in [0.3, 0.4) is 0 Å². The molecule has 0 saturated carbocycles. The second kappa shape index (κ2) is 7.86. The molecular weight excluding hydrogens is 436 g/mol. The predicted molar refractivity (Wildman–Crippen MR) is 154 cm³/mol. The Hall–Kier alpha value is -4.82. The van der Waals surface area contributed by atoms with Crippen LogP contribution in [0, 0.1) is 0 Å². The van der Waals surface area contributed by atoms with E-state index in [1.807, 2.05) is 12.1 Å². The second-order valence-corrected chi connectivity index (χ2v) is 9.38. The van der Waals surface area contributed by atoms with Crippen molar-refractivity contribution in [3.63, 3.8) is 0 Å². The number of anilines is 2. The quantitative estimate of drug-likeness (QED) is 0.259. The number of rotatable bonds is 3. The minimum Gasteiger partial charge on any atom is -0.397 e. The van der Waals surface area contributed by atoms with Gasteiger partial charge >= 0.3 is 0 Å². The smallest absolute Gasteiger partial charge is 0.0554 e. The third kappa shape index (κ3) is 2.98. The van der Waals surface area contributed by atoms with Gasteiger partial charge in [0.25, 0.3) is 0 Å². The number of nitrogens with two attached hydrogens (primary N) is 2. The van der Waals surface area contributed by atoms with E-state index in [2.05, 4.69) is 109 Å². The molecule has 0 heterocycles. The first-order valence-corrected chi connectivity index (χ1v) is 12.2. The van der Waals surface area contributed by atoms with Gasteiger partial charge in [-0.05, 0) is 84.6 Å². The molecule has 1 aliphatic carbocycles. The number of hydrogen-bond donors (Lipinski definition) is 2. The van der Waals surface area contributed by atoms with Crippen LogP contribution in [0.5, 0.6) is 0 Å². The Morgan fingerprint density at radius 3 is 1.64 bits per heavy atom. The number of nitrogen functional groups attached to an aromatic ring is 2. The highest BCUT2D eigenvalue weighted by molar-refractivity contribution is 6.22. The molecule has 0 spiro atoms. The van der Waals surface area contributed by atoms with Crippen LogP contribution >= 0.6 is 0 Å². The molecule has 2 heteroatoms. The molecule has 6 aromatic rings. The fourth-order valence-corrected chi connectivity index (χ4v) is 5.71. The number of hydrogen-bond acceptors (Lipinski definition) is 2. The third-order valence-electron chi connectivity index (χ3n) is 7.32. The summed E-state index contributed by atoms with van der Waals surface area (Å²) < 4.78 is 0. The molecular formula is C34H24N2. The molecule has 1 aliphatic rings. The van der Waals surface area contributed by atoms with E-state index in [1.165, 1.54) is 55.3 Å². The number of fused-ring (bicyclic) bond motifs is 3. The van der Waals surface area contributed by atoms with Gasteiger partial charge < -0.3 is 11.5 Å². The van der Waals surface area contributed by atoms with Crippen LogP contribution in [0.1, 0.15) is 0 Å². The summed E-state index contributed by atoms with van der Waals surface area (Å²) in [6, 6.07) is 43.0. The highest BCUT2D eigenvalue weighted by Gasteiger charge is 2.30. The second-order valence-electron chi connectivity index (χ2n) is 9.38. The maximum absolute atomic E-state index is 6.31. The van der Waals surface area contributed by atoms with Crippen molar-refractivity contribution in [1.82, 2.24) is 0 Å². The molecule has 0 unspecified atom stereocenters. The van der Waals surface area contributed by atoms with E-state index in [0.29, 0.717) is 11.4 Å². The summed E-state index contributed by atoms with van der Waals surface area (Å²) >= 11 is 0. The Morgan fingerprint density at radius 2 is 0.972 bits per heavy atom. The van der Waals surface area contributed by atoms with Crippen LogP contribution < -0.4 is 11.5 Å². The first kappa shape index (κ1) is 20.5. The Bertz CT molecular complexity index is 1780. The minimum atomic E-state index is 0.596. The summed E-state index contributed by atoms with van der Waals surface area (Å²) in [4.78, 5) is 0. The molecule has 36 heavy (non-hydrogen) atoms. The molecule has 0 aromatic heterocycles. The third-order valence-corrected chi connectivity index (χ3v) is 7.32. The van der Waals surface area contributed by atoms with Gasteiger partial charge in [-0.3, -0.25) is 0 Å². The molecule has 0 radical (unpaired) electrons. The van der Waals surface area contributed by atoms with Crippen molar-refractivity contribution in [2.75, 3.05) is 11.5 Å². The van der Waals surface area contributed by atoms with Gasteiger partial charge in [0.15, 0.2) is 0 Å². The van der Waals surface area contributed by atoms with E-state index in [9.17, 15) is 0 Å². The normalized spacial score (nSPS) is 11.6. The summed E-state index contributed by atoms with van der Waals surface area (Å²) in [5.74, 6) is 0. The van der Waals surface area contributed by atoms with E-state index in [4.69, 9.17) is 11.5 Å². The van der Waals surface area contributed by atoms with E-state index >= 15 is 0 Å². The maximum atomic E-state index is 6.31. The van der Waals surface area contributed by atoms with Crippen LogP contribution in [0.25, 0.3) is 66.4 Å². The van der Waals surface area contributed by atoms with Crippen LogP contribution in [-0.2, 0) is 0 Å². The molecule has 0 atom stereocenters. The van der Waals surface area contributed by atoms with Gasteiger partial charge in [0.1, 0.15) is 0 Å². The molecule has 0 bridgehead atoms. The Morgan fingerprint density at radius 1 is 0.361 bits per heavy atom. The van der Waals surface area contributed by atoms with Crippen LogP contribution in [0.15, 0.2) is 121 Å². The fourth-order valence-electron chi connectivity index (χ4n) is 5.71. The zero-order chi connectivity index (χ0) is 24.2. The first-order valence-electron chi connectivity index (χ1n) is 12.2. The molecule has 2 nitrogen and oxygen atoms in total. The van der Waals surface area contributed by atoms with Crippen molar-refractivity contribution < 1.29 is 0 Å². The van der Waals surface area contributed by atoms with Crippen molar-refractivity contribution >= 4 is 22.1 Å². The van der Waals surface area contributed by atoms with E-state index in [-0.39, 0.29) is 0 Å². The highest BCUT2D eigenvalue weighted by atomic mass is 14.7. The topological polar surface area (TPSA) is 52.0 Å². The van der Waals surface area contributed by atoms with Crippen LogP contribution in [0.4, 0.5) is 11.4 Å². The van der Waals surface area contributed by atoms with Crippen LogP contribution in [-0.4, -0.2) is 0 Å². The average Bonchev–Trinajstić information content (AvgIpc) is 3.27. The zero-order valence-electron chi connectivity index (χ0n) is 19.7. The lowest BCUT2D eigenvalue weighted by molar-refractivity contribution is 1.56. The molecule has 170 valence electrons. The molecule has 0 aliphatic heterocycles. The molecule has 4 N–H and O–H groups in total. The van der Waals surface area contributed by atoms with Gasteiger partial charge in [0.05, 0.1) is 11.4 Å². The lowest BCUT2D eigenvalue weighted by atomic mass is 9.82. The van der Waals surface area contributed by atoms with Gasteiger partial charge in [0.2, 0.25) is 0 Å². The van der Waals surface area contributed by atoms with Gasteiger partial charge in [-0.15, -0.1) is 0 Å². The molecule has 6 aromatic carbocycles. The Balaban J connectivity index is 1.70. The maximum Gasteiger partial charge on any atom is 0.0554 e. The lowest BCUT2D eigenvalue weighted by Crippen LogP contribution is -1.97. The fraction of sp³-hybridized carbons (Fsp3) is 0. The van der Waals surface area contributed by atoms with Crippen molar-refractivity contribution in [2.24, 2.45) is 0 Å². The van der Waals surface area contributed by atoms with Crippen molar-refractivity contribution in [3.05, 3.63) is 121 Å². The van der Waals surface area contributed by atoms with Gasteiger partial charge in [-0.2, -0.15) is 0 Å². The summed E-state index contributed by atoms with van der Waals surface area (Å²) in [5, 5.41) is 2.58. The largest absolute Gasteiger partial charge is 0.397 e. The Kier molecular flexibility index (Phi) is 4.49. The molecule has 7 rings (SSSR count). The summed E-state index contributed by atoms with van der Waals surface area (Å²) in [6.07, 6.45) is 0. The first-order chi connectivity index (χ1) is 17.7. The van der Waals surface area contributed by atoms with Crippen molar-refractivity contribution in [2.45, 2.75) is 0 Å². The summed E-state index contributed by atoms with van der Waals surface area (Å²) in [7, 11) is 0. The lowest BCUT2D eigenvalue weighted by Gasteiger charge is -2.21. The Labute approximate surface area is 210 Å². The van der Waals surface area contributed by atoms with Gasteiger partial charge in [0, 0.05) is 0 Å². The van der Waals surface area contributed by atoms with Crippen LogP contribution in [0.2, 0.25) is 0 Å². The standard InChI is InChI=1S/C34H24N2/c35-29-18-17-24(19-30(29)36)28-20-27(21-9-3-1-4-10-21)33-25-15-7-13-22-14-8-16-26(31(22)25)34(33)32(28)23-11-5-2-6-12-23/h1-20H,35-36H2. The molecule has 0 fully saturated rings. The van der Waals surface area contributed by atoms with Gasteiger partial charge in [-0.25, -0.2) is 0 Å². The highest BCUT2D eigenvalue weighted by Crippen LogP contribution is 2.57. The monoisotopic (exact) mass is 460 g/mol. The van der Waals surface area contributed by atoms with Crippen molar-refractivity contribution in [1.29, 1.82) is 0 Å². The van der Waals surface area contributed by atoms with E-state index in [0.717, 1.165) is 11.1 Å². The SMILES string of the molecule is Nc1ccc(-c2cc(-c3ccccc3)c3c(c2-c2ccccc2)-c2cccc4cccc-3c24)cc1N. The average molecular weight is 461 g/mol. The van der Waals surface area contributed by atoms with Crippen molar-refractivity contribution in [3.8, 4) is 55.6 Å². The predicted octanol–water partition coefficient (Wildman–Crippen LogP) is 8.65. The minimum absolute atomic E-state index is 0.596. The van der Waals surface area contributed by atoms with E-state index < -0.39 is 0 Å². The molecule has 0 amide bonds. The van der Waals surface area contributed by atoms with Gasteiger partial charge in [-0.1, -0.05) is 103 Å². The summed E-state index contributed by atoms with van der Waals surface area (Å²) in [5.41, 5.74) is 25.8. The summed E-state index contributed by atoms with van der Waals surface area (Å²) in [6.45, 7) is 0. The van der Waals surface area contributed by atoms with E-state index in [1.54, 1.807) is 0 Å². The zero-order valence-corrected chi connectivity index (χ0v) is 19.7. The number of benzene rings is 6.